The summed E-state index contributed by atoms with van der Waals surface area (Å²) >= 11 is 3.62. The summed E-state index contributed by atoms with van der Waals surface area (Å²) in [7, 11) is 0. The Balaban J connectivity index is 1.19. The predicted octanol–water partition coefficient (Wildman–Crippen LogP) is 22.2. The van der Waals surface area contributed by atoms with Gasteiger partial charge in [0.25, 0.3) is 0 Å². The molecule has 82 heavy (non-hydrogen) atoms. The molecule has 0 unspecified atom stereocenters. The molecule has 17 rings (SSSR count). The quantitative estimate of drug-likeness (QED) is 0.128. The van der Waals surface area contributed by atoms with Gasteiger partial charge >= 0.3 is 0 Å². The van der Waals surface area contributed by atoms with Gasteiger partial charge in [-0.15, -0.1) is 22.7 Å². The predicted molar refractivity (Wildman–Crippen MR) is 352 cm³/mol. The molecule has 0 aliphatic heterocycles. The van der Waals surface area contributed by atoms with Crippen LogP contribution in [0.5, 0.6) is 0 Å². The zero-order chi connectivity index (χ0) is 54.8. The molecule has 0 N–H and O–H groups in total. The Bertz CT molecular complexity index is 5610. The molecule has 0 radical (unpaired) electrons. The van der Waals surface area contributed by atoms with Crippen molar-refractivity contribution in [1.29, 1.82) is 5.26 Å². The molecular formula is C76H46N4S2. The summed E-state index contributed by atoms with van der Waals surface area (Å²) in [5.74, 6) is 0. The fourth-order valence-electron chi connectivity index (χ4n) is 13.8. The molecule has 0 atom stereocenters. The second-order valence-electron chi connectivity index (χ2n) is 22.3. The van der Waals surface area contributed by atoms with E-state index in [1.54, 1.807) is 0 Å². The lowest BCUT2D eigenvalue weighted by Gasteiger charge is -2.26. The lowest BCUT2D eigenvalue weighted by Crippen LogP contribution is -2.09. The number of benzene rings is 13. The van der Waals surface area contributed by atoms with E-state index in [4.69, 9.17) is 4.85 Å². The number of nitrogens with zero attached hydrogens (tertiary/aromatic N) is 4. The van der Waals surface area contributed by atoms with Crippen molar-refractivity contribution in [3.63, 3.8) is 0 Å². The number of aryl methyl sites for hydroxylation is 4. The summed E-state index contributed by atoms with van der Waals surface area (Å²) in [5.41, 5.74) is 14.3. The van der Waals surface area contributed by atoms with E-state index in [9.17, 15) is 11.8 Å². The van der Waals surface area contributed by atoms with Crippen molar-refractivity contribution in [2.24, 2.45) is 0 Å². The molecule has 13 aromatic carbocycles. The molecule has 0 spiro atoms. The molecular weight excluding hydrogens is 1030 g/mol. The first-order chi connectivity index (χ1) is 40.2. The van der Waals surface area contributed by atoms with Crippen molar-refractivity contribution in [2.45, 2.75) is 27.7 Å². The van der Waals surface area contributed by atoms with E-state index in [0.29, 0.717) is 16.8 Å². The minimum Gasteiger partial charge on any atom is -0.317 e. The van der Waals surface area contributed by atoms with Crippen LogP contribution in [0.3, 0.4) is 0 Å². The second kappa shape index (κ2) is 17.2. The van der Waals surface area contributed by atoms with E-state index in [0.717, 1.165) is 135 Å². The Hall–Kier alpha value is -10.1. The van der Waals surface area contributed by atoms with Crippen LogP contribution in [0.25, 0.3) is 166 Å². The Morgan fingerprint density at radius 1 is 0.378 bits per heavy atom. The number of aromatic nitrogens is 2. The van der Waals surface area contributed by atoms with Crippen molar-refractivity contribution in [3.05, 3.63) is 245 Å². The maximum atomic E-state index is 12.7. The van der Waals surface area contributed by atoms with Gasteiger partial charge in [0.15, 0.2) is 0 Å². The van der Waals surface area contributed by atoms with Gasteiger partial charge in [0, 0.05) is 63.6 Å². The molecule has 4 nitrogen and oxygen atoms in total. The van der Waals surface area contributed by atoms with E-state index in [1.807, 2.05) is 22.7 Å². The van der Waals surface area contributed by atoms with E-state index in [1.165, 1.54) is 42.1 Å². The van der Waals surface area contributed by atoms with E-state index >= 15 is 0 Å². The largest absolute Gasteiger partial charge is 0.317 e. The summed E-state index contributed by atoms with van der Waals surface area (Å²) in [6, 6.07) is 78.3. The van der Waals surface area contributed by atoms with Crippen LogP contribution in [0, 0.1) is 45.6 Å². The van der Waals surface area contributed by atoms with Gasteiger partial charge in [-0.25, -0.2) is 4.85 Å². The number of rotatable bonds is 4. The zero-order valence-corrected chi connectivity index (χ0v) is 46.9. The van der Waals surface area contributed by atoms with Gasteiger partial charge in [0.05, 0.1) is 55.0 Å². The third-order valence-corrected chi connectivity index (χ3v) is 20.3. The smallest absolute Gasteiger partial charge is 0.220 e. The molecule has 6 heteroatoms. The van der Waals surface area contributed by atoms with E-state index in [2.05, 4.69) is 249 Å². The second-order valence-corrected chi connectivity index (χ2v) is 24.4. The molecule has 0 bridgehead atoms. The topological polar surface area (TPSA) is 38.0 Å². The molecule has 0 saturated carbocycles. The van der Waals surface area contributed by atoms with Crippen LogP contribution in [-0.4, -0.2) is 9.13 Å². The number of thiophene rings is 2. The highest BCUT2D eigenvalue weighted by atomic mass is 32.1. The highest BCUT2D eigenvalue weighted by Gasteiger charge is 2.34. The third kappa shape index (κ3) is 6.39. The summed E-state index contributed by atoms with van der Waals surface area (Å²) in [5, 5.41) is 30.8. The van der Waals surface area contributed by atoms with Gasteiger partial charge < -0.3 is 9.13 Å². The number of hydrogen-bond acceptors (Lipinski definition) is 3. The van der Waals surface area contributed by atoms with Crippen LogP contribution in [0.1, 0.15) is 27.8 Å². The lowest BCUT2D eigenvalue weighted by atomic mass is 9.87. The maximum Gasteiger partial charge on any atom is 0.220 e. The van der Waals surface area contributed by atoms with E-state index < -0.39 is 0 Å². The molecule has 0 fully saturated rings. The normalized spacial score (nSPS) is 12.1. The molecule has 382 valence electrons. The first-order valence-corrected chi connectivity index (χ1v) is 29.4. The summed E-state index contributed by atoms with van der Waals surface area (Å²) in [4.78, 5) is 4.85. The third-order valence-electron chi connectivity index (χ3n) is 17.9. The highest BCUT2D eigenvalue weighted by molar-refractivity contribution is 7.27. The molecule has 4 heterocycles. The molecule has 0 amide bonds. The van der Waals surface area contributed by atoms with Crippen molar-refractivity contribution in [1.82, 2.24) is 9.13 Å². The number of fused-ring (bicyclic) bond motifs is 20. The number of nitriles is 1. The summed E-state index contributed by atoms with van der Waals surface area (Å²) in [6.45, 7) is 18.7. The minimum absolute atomic E-state index is 0.419. The lowest BCUT2D eigenvalue weighted by molar-refractivity contribution is 1.14. The van der Waals surface area contributed by atoms with Gasteiger partial charge in [-0.05, 0) is 153 Å². The Labute approximate surface area is 479 Å². The van der Waals surface area contributed by atoms with Gasteiger partial charge in [-0.3, -0.25) is 0 Å². The highest BCUT2D eigenvalue weighted by Crippen LogP contribution is 2.55. The van der Waals surface area contributed by atoms with Gasteiger partial charge in [-0.1, -0.05) is 158 Å². The average Bonchev–Trinajstić information content (AvgIpc) is 2.56. The van der Waals surface area contributed by atoms with Crippen LogP contribution in [-0.2, 0) is 0 Å². The first kappa shape index (κ1) is 46.8. The fraction of sp³-hybridized carbons (Fsp3) is 0.0526. The Morgan fingerprint density at radius 3 is 1.27 bits per heavy atom. The van der Waals surface area contributed by atoms with Crippen molar-refractivity contribution >= 4 is 155 Å². The molecule has 0 aliphatic rings. The van der Waals surface area contributed by atoms with Crippen LogP contribution in [0.2, 0.25) is 0 Å². The van der Waals surface area contributed by atoms with Crippen LogP contribution in [0.4, 0.5) is 5.69 Å². The molecule has 17 aromatic rings. The molecule has 4 aromatic heterocycles. The summed E-state index contributed by atoms with van der Waals surface area (Å²) < 4.78 is 9.60. The molecule has 0 aliphatic carbocycles. The fourth-order valence-corrected chi connectivity index (χ4v) is 16.3. The van der Waals surface area contributed by atoms with Gasteiger partial charge in [0.1, 0.15) is 6.07 Å². The molecule has 0 saturated heterocycles. The average molecular weight is 1080 g/mol. The van der Waals surface area contributed by atoms with Crippen molar-refractivity contribution < 1.29 is 0 Å². The zero-order valence-electron chi connectivity index (χ0n) is 45.2. The van der Waals surface area contributed by atoms with Crippen LogP contribution >= 0.6 is 22.7 Å². The standard InChI is InChI=1S/C76H46N4S2/c1-41-34-61-55-30-32-57-53-18-10-12-20-66(53)81-75(57)72(55)79(64(61)36-43(41)3)71-63(40-77)68(49-28-26-47-24-22-45-14-6-8-16-51(45)59(47)38-49)70(78-5)74(69(71)50-29-27-48-25-23-46-15-7-9-17-52(46)60(48)39-50)80-65-37-44(4)42(2)35-62(65)56-31-33-58-54-19-11-13-21-67(54)82-76(58)73(56)80/h6-39H,1-4H3. The minimum atomic E-state index is 0.419. The Kier molecular flexibility index (Phi) is 9.82. The maximum absolute atomic E-state index is 12.7. The van der Waals surface area contributed by atoms with Crippen molar-refractivity contribution in [3.8, 4) is 39.7 Å². The monoisotopic (exact) mass is 1080 g/mol. The van der Waals surface area contributed by atoms with Crippen molar-refractivity contribution in [2.75, 3.05) is 0 Å². The SMILES string of the molecule is [C-]#[N+]c1c(-c2ccc3ccc4ccccc4c3c2)c(C#N)c(-n2c3cc(C)c(C)cc3c3ccc4c5ccccc5sc4c32)c(-c2ccc3ccc4ccccc4c3c2)c1-n1c2cc(C)c(C)cc2c2ccc3c4ccccc4sc3c21. The van der Waals surface area contributed by atoms with Crippen LogP contribution in [0.15, 0.2) is 206 Å². The van der Waals surface area contributed by atoms with Gasteiger partial charge in [0.2, 0.25) is 5.69 Å². The van der Waals surface area contributed by atoms with Gasteiger partial charge in [-0.2, -0.15) is 5.26 Å². The van der Waals surface area contributed by atoms with Crippen LogP contribution < -0.4 is 0 Å². The Morgan fingerprint density at radius 2 is 0.780 bits per heavy atom. The van der Waals surface area contributed by atoms with E-state index in [-0.39, 0.29) is 0 Å². The first-order valence-electron chi connectivity index (χ1n) is 27.8. The number of hydrogen-bond donors (Lipinski definition) is 0. The summed E-state index contributed by atoms with van der Waals surface area (Å²) in [6.07, 6.45) is 0.